The Morgan fingerprint density at radius 2 is 0.614 bits per heavy atom. The summed E-state index contributed by atoms with van der Waals surface area (Å²) in [4.78, 5) is 24.5. The summed E-state index contributed by atoms with van der Waals surface area (Å²) in [5, 5.41) is 9.65. The third kappa shape index (κ3) is 56.4. The Labute approximate surface area is 431 Å². The Morgan fingerprint density at radius 1 is 0.343 bits per heavy atom. The van der Waals surface area contributed by atoms with E-state index in [1.165, 1.54) is 96.3 Å². The number of carbonyl (C=O) groups is 2. The average Bonchev–Trinajstić information content (AvgIpc) is 3.36. The molecule has 5 nitrogen and oxygen atoms in total. The number of esters is 2. The van der Waals surface area contributed by atoms with Gasteiger partial charge in [-0.15, -0.1) is 0 Å². The fourth-order valence-electron chi connectivity index (χ4n) is 7.38. The summed E-state index contributed by atoms with van der Waals surface area (Å²) in [7, 11) is 0. The number of allylic oxidation sites excluding steroid dienone is 24. The van der Waals surface area contributed by atoms with E-state index in [4.69, 9.17) is 9.47 Å². The molecule has 0 aromatic rings. The highest BCUT2D eigenvalue weighted by atomic mass is 16.6. The van der Waals surface area contributed by atoms with E-state index in [9.17, 15) is 14.7 Å². The van der Waals surface area contributed by atoms with Crippen LogP contribution in [0.1, 0.15) is 232 Å². The molecule has 0 bridgehead atoms. The highest BCUT2D eigenvalue weighted by Gasteiger charge is 2.16. The molecule has 0 saturated carbocycles. The predicted molar refractivity (Wildman–Crippen MR) is 306 cm³/mol. The van der Waals surface area contributed by atoms with Gasteiger partial charge in [0.2, 0.25) is 0 Å². The molecule has 394 valence electrons. The van der Waals surface area contributed by atoms with Crippen LogP contribution in [0.3, 0.4) is 0 Å². The van der Waals surface area contributed by atoms with E-state index in [1.54, 1.807) is 0 Å². The van der Waals surface area contributed by atoms with Gasteiger partial charge >= 0.3 is 11.9 Å². The molecule has 0 aliphatic heterocycles. The highest BCUT2D eigenvalue weighted by Crippen LogP contribution is 2.14. The van der Waals surface area contributed by atoms with Crippen LogP contribution in [-0.4, -0.2) is 36.4 Å². The molecule has 0 spiro atoms. The number of aliphatic hydroxyl groups excluding tert-OH is 1. The van der Waals surface area contributed by atoms with Gasteiger partial charge in [0.1, 0.15) is 6.61 Å². The van der Waals surface area contributed by atoms with Gasteiger partial charge in [-0.1, -0.05) is 243 Å². The Balaban J connectivity index is 3.67. The van der Waals surface area contributed by atoms with Crippen LogP contribution in [0.4, 0.5) is 0 Å². The number of unbranched alkanes of at least 4 members (excludes halogenated alkanes) is 18. The minimum Gasteiger partial charge on any atom is -0.462 e. The van der Waals surface area contributed by atoms with E-state index < -0.39 is 6.10 Å². The monoisotopic (exact) mass is 965 g/mol. The second kappa shape index (κ2) is 59.1. The Hall–Kier alpha value is -4.22. The van der Waals surface area contributed by atoms with Crippen molar-refractivity contribution < 1.29 is 24.2 Å². The molecule has 0 aromatic carbocycles. The van der Waals surface area contributed by atoms with Gasteiger partial charge in [-0.3, -0.25) is 9.59 Å². The molecule has 0 heterocycles. The summed E-state index contributed by atoms with van der Waals surface area (Å²) in [5.41, 5.74) is 0. The molecule has 0 aliphatic carbocycles. The predicted octanol–water partition coefficient (Wildman–Crippen LogP) is 19.4. The molecule has 1 atom stereocenters. The van der Waals surface area contributed by atoms with E-state index in [2.05, 4.69) is 160 Å². The van der Waals surface area contributed by atoms with E-state index >= 15 is 0 Å². The maximum absolute atomic E-state index is 12.3. The van der Waals surface area contributed by atoms with Gasteiger partial charge in [-0.25, -0.2) is 0 Å². The summed E-state index contributed by atoms with van der Waals surface area (Å²) in [6.07, 6.45) is 89.5. The normalized spacial score (nSPS) is 13.4. The lowest BCUT2D eigenvalue weighted by molar-refractivity contribution is -0.161. The summed E-state index contributed by atoms with van der Waals surface area (Å²) < 4.78 is 10.7. The Morgan fingerprint density at radius 3 is 0.957 bits per heavy atom. The van der Waals surface area contributed by atoms with Crippen LogP contribution in [0.5, 0.6) is 0 Å². The van der Waals surface area contributed by atoms with Crippen LogP contribution < -0.4 is 0 Å². The SMILES string of the molecule is CC/C=C\C/C=C\C/C=C\C/C=C\C/C=C\C/C=C\C/C=C\C/C=C\C/C=C\C/C=C\CCCCC(=O)OC(CO)COC(=O)CCCCCCCCCCCCC/C=C\C/C=C\CCCCCCC. The van der Waals surface area contributed by atoms with Crippen LogP contribution in [0, 0.1) is 0 Å². The first-order valence-electron chi connectivity index (χ1n) is 28.4. The third-order valence-electron chi connectivity index (χ3n) is 11.6. The number of ether oxygens (including phenoxy) is 2. The summed E-state index contributed by atoms with van der Waals surface area (Å²) in [6, 6.07) is 0. The molecule has 0 rings (SSSR count). The lowest BCUT2D eigenvalue weighted by Crippen LogP contribution is -2.28. The minimum absolute atomic E-state index is 0.0937. The molecular weight excluding hydrogens is 861 g/mol. The molecule has 0 aliphatic rings. The number of hydrogen-bond donors (Lipinski definition) is 1. The summed E-state index contributed by atoms with van der Waals surface area (Å²) in [5.74, 6) is -0.652. The second-order valence-electron chi connectivity index (χ2n) is 18.3. The van der Waals surface area contributed by atoms with Crippen molar-refractivity contribution >= 4 is 11.9 Å². The minimum atomic E-state index is -0.808. The smallest absolute Gasteiger partial charge is 0.306 e. The van der Waals surface area contributed by atoms with Crippen LogP contribution in [-0.2, 0) is 19.1 Å². The zero-order valence-electron chi connectivity index (χ0n) is 45.0. The van der Waals surface area contributed by atoms with E-state index in [0.717, 1.165) is 103 Å². The maximum Gasteiger partial charge on any atom is 0.306 e. The number of rotatable bonds is 50. The first-order valence-corrected chi connectivity index (χ1v) is 28.4. The van der Waals surface area contributed by atoms with Gasteiger partial charge < -0.3 is 14.6 Å². The van der Waals surface area contributed by atoms with Crippen molar-refractivity contribution in [3.05, 3.63) is 146 Å². The van der Waals surface area contributed by atoms with E-state index in [1.807, 2.05) is 0 Å². The van der Waals surface area contributed by atoms with Gasteiger partial charge in [-0.2, -0.15) is 0 Å². The average molecular weight is 966 g/mol. The first-order chi connectivity index (χ1) is 34.6. The van der Waals surface area contributed by atoms with Crippen molar-refractivity contribution in [3.63, 3.8) is 0 Å². The number of aliphatic hydroxyl groups is 1. The van der Waals surface area contributed by atoms with Crippen molar-refractivity contribution in [3.8, 4) is 0 Å². The lowest BCUT2D eigenvalue weighted by Gasteiger charge is -2.15. The third-order valence-corrected chi connectivity index (χ3v) is 11.6. The second-order valence-corrected chi connectivity index (χ2v) is 18.3. The van der Waals surface area contributed by atoms with Crippen molar-refractivity contribution in [1.29, 1.82) is 0 Å². The lowest BCUT2D eigenvalue weighted by atomic mass is 10.0. The molecule has 1 unspecified atom stereocenters. The molecular formula is C65H104O5. The Bertz CT molecular complexity index is 1510. The standard InChI is InChI=1S/C65H104O5/c1-3-5-7-9-11-13-15-17-19-21-23-25-27-28-29-30-31-32-33-34-35-36-38-40-42-44-46-48-50-52-54-56-58-60-65(68)70-63(61-66)62-69-64(67)59-57-55-53-51-49-47-45-43-41-39-37-26-24-22-20-18-16-14-12-10-8-6-4-2/h5,7,11,13,16-19,22-25,28-29,31-32,34-35,38,40,44,46,50,52,63,66H,3-4,6,8-10,12,14-15,20-21,26-27,30,33,36-37,39,41-43,45,47-49,51,53-62H2,1-2H3/b7-5-,13-11-,18-16-,19-17-,24-22-,25-23-,29-28-,32-31-,35-34-,40-38-,46-44-,52-50-. The van der Waals surface area contributed by atoms with Crippen LogP contribution in [0.25, 0.3) is 0 Å². The zero-order chi connectivity index (χ0) is 50.6. The van der Waals surface area contributed by atoms with E-state index in [-0.39, 0.29) is 31.6 Å². The zero-order valence-corrected chi connectivity index (χ0v) is 45.0. The number of carbonyl (C=O) groups excluding carboxylic acids is 2. The quantitative estimate of drug-likeness (QED) is 0.0374. The molecule has 0 aromatic heterocycles. The molecule has 70 heavy (non-hydrogen) atoms. The van der Waals surface area contributed by atoms with Gasteiger partial charge in [0, 0.05) is 12.8 Å². The molecule has 5 heteroatoms. The number of hydrogen-bond acceptors (Lipinski definition) is 5. The van der Waals surface area contributed by atoms with Crippen molar-refractivity contribution in [2.45, 2.75) is 238 Å². The molecule has 0 fully saturated rings. The van der Waals surface area contributed by atoms with Crippen LogP contribution in [0.15, 0.2) is 146 Å². The van der Waals surface area contributed by atoms with Crippen molar-refractivity contribution in [2.24, 2.45) is 0 Å². The highest BCUT2D eigenvalue weighted by molar-refractivity contribution is 5.70. The summed E-state index contributed by atoms with van der Waals surface area (Å²) >= 11 is 0. The maximum atomic E-state index is 12.3. The Kier molecular flexibility index (Phi) is 55.5. The van der Waals surface area contributed by atoms with Gasteiger partial charge in [0.15, 0.2) is 6.10 Å². The molecule has 1 N–H and O–H groups in total. The molecule has 0 radical (unpaired) electrons. The van der Waals surface area contributed by atoms with Gasteiger partial charge in [-0.05, 0) is 122 Å². The first kappa shape index (κ1) is 65.8. The van der Waals surface area contributed by atoms with Crippen molar-refractivity contribution in [1.82, 2.24) is 0 Å². The largest absolute Gasteiger partial charge is 0.462 e. The molecule has 0 amide bonds. The van der Waals surface area contributed by atoms with Crippen LogP contribution in [0.2, 0.25) is 0 Å². The van der Waals surface area contributed by atoms with Gasteiger partial charge in [0.05, 0.1) is 6.61 Å². The summed E-state index contributed by atoms with van der Waals surface area (Å²) in [6.45, 7) is 3.98. The fraction of sp³-hybridized carbons (Fsp3) is 0.600. The van der Waals surface area contributed by atoms with Gasteiger partial charge in [0.25, 0.3) is 0 Å². The van der Waals surface area contributed by atoms with Crippen molar-refractivity contribution in [2.75, 3.05) is 13.2 Å². The topological polar surface area (TPSA) is 72.8 Å². The van der Waals surface area contributed by atoms with Crippen LogP contribution >= 0.6 is 0 Å². The van der Waals surface area contributed by atoms with E-state index in [0.29, 0.717) is 12.8 Å². The molecule has 0 saturated heterocycles. The fourth-order valence-corrected chi connectivity index (χ4v) is 7.38.